The largest absolute Gasteiger partial charge is 0.377 e. The summed E-state index contributed by atoms with van der Waals surface area (Å²) in [6.07, 6.45) is 1.70. The molecule has 1 N–H and O–H groups in total. The number of hydrogen-bond donors (Lipinski definition) is 1. The fraction of sp³-hybridized carbons (Fsp3) is 0.263. The SMILES string of the molecule is CC(C)(C)C(O)(c1ccccn1)c1ccc2ccccc2n1. The van der Waals surface area contributed by atoms with Crippen LogP contribution in [0.3, 0.4) is 0 Å². The highest BCUT2D eigenvalue weighted by atomic mass is 16.3. The van der Waals surface area contributed by atoms with Crippen molar-refractivity contribution in [1.29, 1.82) is 0 Å². The number of aromatic nitrogens is 2. The second-order valence-corrected chi connectivity index (χ2v) is 6.56. The van der Waals surface area contributed by atoms with Crippen LogP contribution in [0.25, 0.3) is 10.9 Å². The van der Waals surface area contributed by atoms with Gasteiger partial charge in [0, 0.05) is 17.0 Å². The predicted octanol–water partition coefficient (Wildman–Crippen LogP) is 3.91. The number of hydrogen-bond acceptors (Lipinski definition) is 3. The van der Waals surface area contributed by atoms with E-state index in [-0.39, 0.29) is 0 Å². The molecule has 0 aliphatic heterocycles. The van der Waals surface area contributed by atoms with Crippen molar-refractivity contribution in [3.05, 3.63) is 72.2 Å². The summed E-state index contributed by atoms with van der Waals surface area (Å²) in [4.78, 5) is 9.08. The maximum absolute atomic E-state index is 11.5. The Bertz CT molecular complexity index is 793. The molecule has 0 saturated heterocycles. The Morgan fingerprint density at radius 3 is 2.23 bits per heavy atom. The average molecular weight is 292 g/mol. The van der Waals surface area contributed by atoms with Gasteiger partial charge in [0.2, 0.25) is 0 Å². The number of pyridine rings is 2. The lowest BCUT2D eigenvalue weighted by atomic mass is 9.72. The van der Waals surface area contributed by atoms with Gasteiger partial charge in [0.25, 0.3) is 0 Å². The van der Waals surface area contributed by atoms with E-state index in [0.29, 0.717) is 11.4 Å². The molecule has 3 aromatic rings. The van der Waals surface area contributed by atoms with Crippen molar-refractivity contribution in [3.8, 4) is 0 Å². The van der Waals surface area contributed by atoms with E-state index in [1.807, 2.05) is 75.4 Å². The minimum absolute atomic E-state index is 0.448. The third-order valence-electron chi connectivity index (χ3n) is 4.09. The Hall–Kier alpha value is -2.26. The molecular weight excluding hydrogens is 272 g/mol. The normalized spacial score (nSPS) is 14.7. The zero-order chi connectivity index (χ0) is 15.8. The van der Waals surface area contributed by atoms with Crippen molar-refractivity contribution in [3.63, 3.8) is 0 Å². The molecular formula is C19H20N2O. The molecule has 112 valence electrons. The zero-order valence-corrected chi connectivity index (χ0v) is 13.1. The van der Waals surface area contributed by atoms with E-state index < -0.39 is 11.0 Å². The van der Waals surface area contributed by atoms with Gasteiger partial charge in [0.1, 0.15) is 0 Å². The smallest absolute Gasteiger partial charge is 0.153 e. The van der Waals surface area contributed by atoms with E-state index >= 15 is 0 Å². The van der Waals surface area contributed by atoms with E-state index in [1.54, 1.807) is 6.20 Å². The van der Waals surface area contributed by atoms with Crippen LogP contribution in [-0.2, 0) is 5.60 Å². The molecule has 3 nitrogen and oxygen atoms in total. The van der Waals surface area contributed by atoms with Crippen molar-refractivity contribution >= 4 is 10.9 Å². The van der Waals surface area contributed by atoms with Crippen LogP contribution >= 0.6 is 0 Å². The number of rotatable bonds is 2. The summed E-state index contributed by atoms with van der Waals surface area (Å²) in [5.41, 5.74) is 0.413. The Morgan fingerprint density at radius 1 is 0.818 bits per heavy atom. The Balaban J connectivity index is 2.25. The summed E-state index contributed by atoms with van der Waals surface area (Å²) in [6, 6.07) is 17.4. The number of para-hydroxylation sites is 1. The number of nitrogens with zero attached hydrogens (tertiary/aromatic N) is 2. The molecule has 3 rings (SSSR count). The highest BCUT2D eigenvalue weighted by Crippen LogP contribution is 2.43. The maximum Gasteiger partial charge on any atom is 0.153 e. The first-order valence-electron chi connectivity index (χ1n) is 7.43. The lowest BCUT2D eigenvalue weighted by Gasteiger charge is -2.39. The molecule has 3 heteroatoms. The number of fused-ring (bicyclic) bond motifs is 1. The Kier molecular flexibility index (Phi) is 3.45. The molecule has 1 atom stereocenters. The summed E-state index contributed by atoms with van der Waals surface area (Å²) in [6.45, 7) is 6.00. The molecule has 0 aliphatic rings. The third-order valence-corrected chi connectivity index (χ3v) is 4.09. The molecule has 0 fully saturated rings. The molecule has 0 radical (unpaired) electrons. The highest BCUT2D eigenvalue weighted by Gasteiger charge is 2.45. The molecule has 1 aromatic carbocycles. The van der Waals surface area contributed by atoms with Gasteiger partial charge in [0.15, 0.2) is 5.60 Å². The zero-order valence-electron chi connectivity index (χ0n) is 13.1. The third kappa shape index (κ3) is 2.28. The minimum atomic E-state index is -1.25. The first-order chi connectivity index (χ1) is 10.4. The summed E-state index contributed by atoms with van der Waals surface area (Å²) < 4.78 is 0. The van der Waals surface area contributed by atoms with Gasteiger partial charge in [0.05, 0.1) is 16.9 Å². The van der Waals surface area contributed by atoms with Crippen molar-refractivity contribution in [1.82, 2.24) is 9.97 Å². The monoisotopic (exact) mass is 292 g/mol. The van der Waals surface area contributed by atoms with Gasteiger partial charge in [-0.15, -0.1) is 0 Å². The molecule has 0 amide bonds. The van der Waals surface area contributed by atoms with Crippen molar-refractivity contribution < 1.29 is 5.11 Å². The van der Waals surface area contributed by atoms with E-state index in [1.165, 1.54) is 0 Å². The lowest BCUT2D eigenvalue weighted by molar-refractivity contribution is -0.0329. The second-order valence-electron chi connectivity index (χ2n) is 6.56. The first kappa shape index (κ1) is 14.7. The van der Waals surface area contributed by atoms with E-state index in [0.717, 1.165) is 10.9 Å². The van der Waals surface area contributed by atoms with Crippen LogP contribution in [0, 0.1) is 5.41 Å². The van der Waals surface area contributed by atoms with Gasteiger partial charge in [-0.05, 0) is 24.3 Å². The molecule has 0 spiro atoms. The highest BCUT2D eigenvalue weighted by molar-refractivity contribution is 5.78. The lowest BCUT2D eigenvalue weighted by Crippen LogP contribution is -2.42. The van der Waals surface area contributed by atoms with Gasteiger partial charge >= 0.3 is 0 Å². The molecule has 2 heterocycles. The van der Waals surface area contributed by atoms with E-state index in [2.05, 4.69) is 4.98 Å². The first-order valence-corrected chi connectivity index (χ1v) is 7.43. The van der Waals surface area contributed by atoms with Crippen LogP contribution in [0.2, 0.25) is 0 Å². The van der Waals surface area contributed by atoms with Gasteiger partial charge in [-0.3, -0.25) is 4.98 Å². The van der Waals surface area contributed by atoms with Crippen molar-refractivity contribution in [2.45, 2.75) is 26.4 Å². The summed E-state index contributed by atoms with van der Waals surface area (Å²) >= 11 is 0. The van der Waals surface area contributed by atoms with Gasteiger partial charge in [-0.1, -0.05) is 51.1 Å². The van der Waals surface area contributed by atoms with Gasteiger partial charge < -0.3 is 5.11 Å². The number of aliphatic hydroxyl groups is 1. The van der Waals surface area contributed by atoms with Crippen molar-refractivity contribution in [2.75, 3.05) is 0 Å². The number of benzene rings is 1. The predicted molar refractivity (Wildman–Crippen MR) is 88.4 cm³/mol. The summed E-state index contributed by atoms with van der Waals surface area (Å²) in [7, 11) is 0. The van der Waals surface area contributed by atoms with Crippen LogP contribution in [0.15, 0.2) is 60.8 Å². The average Bonchev–Trinajstić information content (AvgIpc) is 2.53. The fourth-order valence-electron chi connectivity index (χ4n) is 2.74. The standard InChI is InChI=1S/C19H20N2O/c1-18(2,3)19(22,16-10-6-7-13-20-16)17-12-11-14-8-4-5-9-15(14)21-17/h4-13,22H,1-3H3. The van der Waals surface area contributed by atoms with Crippen LogP contribution in [0.1, 0.15) is 32.2 Å². The summed E-state index contributed by atoms with van der Waals surface area (Å²) in [5, 5.41) is 12.6. The minimum Gasteiger partial charge on any atom is -0.377 e. The quantitative estimate of drug-likeness (QED) is 0.779. The summed E-state index contributed by atoms with van der Waals surface area (Å²) in [5.74, 6) is 0. The fourth-order valence-corrected chi connectivity index (χ4v) is 2.74. The second kappa shape index (κ2) is 5.18. The molecule has 22 heavy (non-hydrogen) atoms. The molecule has 2 aromatic heterocycles. The maximum atomic E-state index is 11.5. The molecule has 0 aliphatic carbocycles. The molecule has 0 saturated carbocycles. The van der Waals surface area contributed by atoms with Gasteiger partial charge in [-0.25, -0.2) is 4.98 Å². The Labute approximate surface area is 130 Å². The van der Waals surface area contributed by atoms with Gasteiger partial charge in [-0.2, -0.15) is 0 Å². The topological polar surface area (TPSA) is 46.0 Å². The van der Waals surface area contributed by atoms with Crippen LogP contribution in [0.4, 0.5) is 0 Å². The van der Waals surface area contributed by atoms with Crippen molar-refractivity contribution in [2.24, 2.45) is 5.41 Å². The molecule has 0 bridgehead atoms. The molecule has 1 unspecified atom stereocenters. The van der Waals surface area contributed by atoms with E-state index in [9.17, 15) is 5.11 Å². The Morgan fingerprint density at radius 2 is 1.55 bits per heavy atom. The van der Waals surface area contributed by atoms with Crippen LogP contribution in [0.5, 0.6) is 0 Å². The van der Waals surface area contributed by atoms with Crippen LogP contribution in [-0.4, -0.2) is 15.1 Å². The van der Waals surface area contributed by atoms with E-state index in [4.69, 9.17) is 4.98 Å². The van der Waals surface area contributed by atoms with Crippen LogP contribution < -0.4 is 0 Å².